The molecule has 12 heteroatoms. The topological polar surface area (TPSA) is 91.2 Å². The fourth-order valence-electron chi connectivity index (χ4n) is 4.59. The van der Waals surface area contributed by atoms with Gasteiger partial charge in [-0.25, -0.2) is 8.78 Å². The molecule has 3 aromatic carbocycles. The van der Waals surface area contributed by atoms with Gasteiger partial charge in [0, 0.05) is 40.6 Å². The van der Waals surface area contributed by atoms with Crippen molar-refractivity contribution < 1.29 is 36.3 Å². The van der Waals surface area contributed by atoms with Crippen molar-refractivity contribution in [1.82, 2.24) is 5.32 Å². The van der Waals surface area contributed by atoms with Crippen LogP contribution in [-0.2, 0) is 6.18 Å². The van der Waals surface area contributed by atoms with Crippen LogP contribution in [0.15, 0.2) is 48.5 Å². The molecule has 1 aliphatic carbocycles. The van der Waals surface area contributed by atoms with Gasteiger partial charge in [-0.15, -0.1) is 0 Å². The quantitative estimate of drug-likeness (QED) is 0.353. The van der Waals surface area contributed by atoms with Crippen LogP contribution >= 0.6 is 11.6 Å². The van der Waals surface area contributed by atoms with Crippen molar-refractivity contribution in [3.63, 3.8) is 0 Å². The van der Waals surface area contributed by atoms with Gasteiger partial charge in [0.25, 0.3) is 11.8 Å². The molecule has 0 saturated heterocycles. The minimum absolute atomic E-state index is 0.0369. The summed E-state index contributed by atoms with van der Waals surface area (Å²) in [6.45, 7) is 0. The number of amides is 2. The van der Waals surface area contributed by atoms with Crippen molar-refractivity contribution in [3.05, 3.63) is 93.0 Å². The molecule has 0 bridgehead atoms. The number of fused-ring (bicyclic) bond motifs is 1. The predicted molar refractivity (Wildman–Crippen MR) is 129 cm³/mol. The monoisotopic (exact) mass is 561 g/mol. The molecule has 3 aromatic rings. The maximum Gasteiger partial charge on any atom is 0.416 e. The smallest absolute Gasteiger partial charge is 0.416 e. The Bertz CT molecular complexity index is 1550. The standard InChI is InChI=1S/C27H17ClF5N3O3/c28-21-2-1-15(29)8-19(21)24-23-20(26(38)36-24)9-18(39-17-3-12(4-17)11-34)10-22(23)35-25(37)13-5-14(27(31,32)33)7-16(30)6-13/h1-2,5-10,12,17,24H,3-4H2,(H,35,37)(H,36,38)/t12-,17+,24?. The summed E-state index contributed by atoms with van der Waals surface area (Å²) in [4.78, 5) is 26.0. The summed E-state index contributed by atoms with van der Waals surface area (Å²) in [5.74, 6) is -3.61. The summed E-state index contributed by atoms with van der Waals surface area (Å²) in [5, 5.41) is 14.3. The van der Waals surface area contributed by atoms with Crippen LogP contribution in [-0.4, -0.2) is 17.9 Å². The number of halogens is 6. The fraction of sp³-hybridized carbons (Fsp3) is 0.222. The average molecular weight is 562 g/mol. The third-order valence-electron chi connectivity index (χ3n) is 6.55. The van der Waals surface area contributed by atoms with Gasteiger partial charge >= 0.3 is 6.18 Å². The van der Waals surface area contributed by atoms with Gasteiger partial charge in [-0.1, -0.05) is 11.6 Å². The zero-order chi connectivity index (χ0) is 28.1. The third kappa shape index (κ3) is 5.25. The Balaban J connectivity index is 1.57. The van der Waals surface area contributed by atoms with Crippen LogP contribution in [0.2, 0.25) is 5.02 Å². The highest BCUT2D eigenvalue weighted by molar-refractivity contribution is 6.31. The van der Waals surface area contributed by atoms with Crippen LogP contribution in [0.25, 0.3) is 0 Å². The molecule has 6 nitrogen and oxygen atoms in total. The van der Waals surface area contributed by atoms with Crippen LogP contribution < -0.4 is 15.4 Å². The summed E-state index contributed by atoms with van der Waals surface area (Å²) in [7, 11) is 0. The van der Waals surface area contributed by atoms with Gasteiger partial charge in [0.05, 0.1) is 34.8 Å². The zero-order valence-corrected chi connectivity index (χ0v) is 20.5. The zero-order valence-electron chi connectivity index (χ0n) is 19.7. The van der Waals surface area contributed by atoms with Gasteiger partial charge < -0.3 is 15.4 Å². The van der Waals surface area contributed by atoms with Gasteiger partial charge in [-0.3, -0.25) is 9.59 Å². The van der Waals surface area contributed by atoms with Crippen molar-refractivity contribution in [2.45, 2.75) is 31.2 Å². The molecular formula is C27H17ClF5N3O3. The SMILES string of the molecule is N#C[C@H]1C[C@@H](Oc2cc(NC(=O)c3cc(F)cc(C(F)(F)F)c3)c3c(c2)C(=O)NC3c2cc(F)ccc2Cl)C1. The summed E-state index contributed by atoms with van der Waals surface area (Å²) in [5.41, 5.74) is -1.60. The third-order valence-corrected chi connectivity index (χ3v) is 6.89. The van der Waals surface area contributed by atoms with Crippen molar-refractivity contribution >= 4 is 29.1 Å². The Labute approximate surface area is 223 Å². The Hall–Kier alpha value is -4.17. The lowest BCUT2D eigenvalue weighted by molar-refractivity contribution is -0.137. The number of carbonyl (C=O) groups is 2. The number of alkyl halides is 3. The number of benzene rings is 3. The van der Waals surface area contributed by atoms with E-state index in [4.69, 9.17) is 21.6 Å². The molecule has 1 aliphatic heterocycles. The first-order valence-corrected chi connectivity index (χ1v) is 12.0. The average Bonchev–Trinajstić information content (AvgIpc) is 3.18. The second kappa shape index (κ2) is 9.85. The van der Waals surface area contributed by atoms with Crippen molar-refractivity contribution in [1.29, 1.82) is 5.26 Å². The number of hydrogen-bond acceptors (Lipinski definition) is 4. The molecule has 1 unspecified atom stereocenters. The number of anilines is 1. The first kappa shape index (κ1) is 26.4. The van der Waals surface area contributed by atoms with E-state index in [1.165, 1.54) is 18.2 Å². The molecule has 0 radical (unpaired) electrons. The van der Waals surface area contributed by atoms with Crippen LogP contribution in [0.3, 0.4) is 0 Å². The van der Waals surface area contributed by atoms with Crippen molar-refractivity contribution in [2.24, 2.45) is 5.92 Å². The van der Waals surface area contributed by atoms with Gasteiger partial charge in [-0.05, 0) is 42.5 Å². The summed E-state index contributed by atoms with van der Waals surface area (Å²) in [6, 6.07) is 8.80. The molecule has 1 saturated carbocycles. The molecule has 200 valence electrons. The van der Waals surface area contributed by atoms with Crippen LogP contribution in [0.4, 0.5) is 27.6 Å². The normalized spacial score (nSPS) is 19.9. The number of rotatable bonds is 5. The van der Waals surface area contributed by atoms with E-state index in [9.17, 15) is 31.5 Å². The highest BCUT2D eigenvalue weighted by Gasteiger charge is 2.37. The lowest BCUT2D eigenvalue weighted by atomic mass is 9.83. The maximum atomic E-state index is 14.1. The molecule has 39 heavy (non-hydrogen) atoms. The minimum atomic E-state index is -4.90. The number of carbonyl (C=O) groups excluding carboxylic acids is 2. The summed E-state index contributed by atoms with van der Waals surface area (Å²) in [6.07, 6.45) is -4.32. The molecule has 2 N–H and O–H groups in total. The van der Waals surface area contributed by atoms with E-state index < -0.39 is 46.8 Å². The largest absolute Gasteiger partial charge is 0.490 e. The van der Waals surface area contributed by atoms with Crippen molar-refractivity contribution in [2.75, 3.05) is 5.32 Å². The number of ether oxygens (including phenoxy) is 1. The van der Waals surface area contributed by atoms with Gasteiger partial charge in [0.15, 0.2) is 0 Å². The first-order valence-electron chi connectivity index (χ1n) is 11.6. The maximum absolute atomic E-state index is 14.1. The highest BCUT2D eigenvalue weighted by atomic mass is 35.5. The molecule has 0 spiro atoms. The van der Waals surface area contributed by atoms with Crippen molar-refractivity contribution in [3.8, 4) is 11.8 Å². The van der Waals surface area contributed by atoms with Crippen LogP contribution in [0, 0.1) is 28.9 Å². The Morgan fingerprint density at radius 3 is 2.51 bits per heavy atom. The van der Waals surface area contributed by atoms with E-state index >= 15 is 0 Å². The Morgan fingerprint density at radius 2 is 1.82 bits per heavy atom. The predicted octanol–water partition coefficient (Wildman–Crippen LogP) is 6.40. The van der Waals surface area contributed by atoms with Gasteiger partial charge in [0.2, 0.25) is 0 Å². The minimum Gasteiger partial charge on any atom is -0.490 e. The van der Waals surface area contributed by atoms with E-state index in [2.05, 4.69) is 16.7 Å². The van der Waals surface area contributed by atoms with Crippen LogP contribution in [0.5, 0.6) is 5.75 Å². The molecule has 2 amide bonds. The summed E-state index contributed by atoms with van der Waals surface area (Å²) >= 11 is 6.27. The fourth-order valence-corrected chi connectivity index (χ4v) is 4.81. The Kier molecular flexibility index (Phi) is 6.68. The lowest BCUT2D eigenvalue weighted by Crippen LogP contribution is -2.32. The molecular weight excluding hydrogens is 545 g/mol. The van der Waals surface area contributed by atoms with Gasteiger partial charge in [0.1, 0.15) is 23.5 Å². The van der Waals surface area contributed by atoms with E-state index in [0.717, 1.165) is 12.1 Å². The van der Waals surface area contributed by atoms with Crippen LogP contribution in [0.1, 0.15) is 56.3 Å². The van der Waals surface area contributed by atoms with E-state index in [1.54, 1.807) is 0 Å². The number of nitriles is 1. The van der Waals surface area contributed by atoms with Gasteiger partial charge in [-0.2, -0.15) is 18.4 Å². The Morgan fingerprint density at radius 1 is 1.08 bits per heavy atom. The van der Waals surface area contributed by atoms with E-state index in [1.807, 2.05) is 0 Å². The molecule has 5 rings (SSSR count). The first-order chi connectivity index (χ1) is 18.4. The molecule has 1 fully saturated rings. The lowest BCUT2D eigenvalue weighted by Gasteiger charge is -2.31. The van der Waals surface area contributed by atoms with E-state index in [0.29, 0.717) is 25.0 Å². The summed E-state index contributed by atoms with van der Waals surface area (Å²) < 4.78 is 73.6. The number of nitrogens with one attached hydrogen (secondary N) is 2. The second-order valence-electron chi connectivity index (χ2n) is 9.22. The number of hydrogen-bond donors (Lipinski definition) is 2. The molecule has 2 aliphatic rings. The highest BCUT2D eigenvalue weighted by Crippen LogP contribution is 2.43. The number of nitrogens with zero attached hydrogens (tertiary/aromatic N) is 1. The second-order valence-corrected chi connectivity index (χ2v) is 9.63. The molecule has 0 aromatic heterocycles. The molecule has 1 atom stereocenters. The molecule has 1 heterocycles. The van der Waals surface area contributed by atoms with E-state index in [-0.39, 0.29) is 51.2 Å².